The molecule has 4 N–H and O–H groups in total. The highest BCUT2D eigenvalue weighted by Crippen LogP contribution is 2.22. The van der Waals surface area contributed by atoms with E-state index in [2.05, 4.69) is 21.3 Å². The van der Waals surface area contributed by atoms with Crippen molar-refractivity contribution in [1.29, 1.82) is 0 Å². The molecule has 4 amide bonds. The molecule has 2 atom stereocenters. The van der Waals surface area contributed by atoms with E-state index in [1.165, 1.54) is 0 Å². The average molecular weight is 558 g/mol. The van der Waals surface area contributed by atoms with Crippen LogP contribution >= 0.6 is 0 Å². The minimum Gasteiger partial charge on any atom is -0.444 e. The second-order valence-corrected chi connectivity index (χ2v) is 10.8. The number of aryl methyl sites for hydroxylation is 1. The van der Waals surface area contributed by atoms with Crippen LogP contribution < -0.4 is 21.3 Å². The molecule has 1 saturated heterocycles. The molecule has 1 aromatic carbocycles. The number of ether oxygens (including phenoxy) is 1. The van der Waals surface area contributed by atoms with Gasteiger partial charge in [-0.15, -0.1) is 0 Å². The Balaban J connectivity index is 0.00000274. The molecule has 2 heterocycles. The zero-order valence-corrected chi connectivity index (χ0v) is 24.9. The number of carbonyl (C=O) groups excluding carboxylic acids is 4. The van der Waals surface area contributed by atoms with Crippen molar-refractivity contribution in [2.45, 2.75) is 97.2 Å². The molecule has 1 aromatic heterocycles. The number of para-hydroxylation sites is 1. The highest BCUT2D eigenvalue weighted by atomic mass is 16.6. The average Bonchev–Trinajstić information content (AvgIpc) is 3.21. The van der Waals surface area contributed by atoms with E-state index in [0.717, 1.165) is 16.5 Å². The van der Waals surface area contributed by atoms with Crippen LogP contribution in [0.3, 0.4) is 0 Å². The number of fused-ring (bicyclic) bond motifs is 1. The summed E-state index contributed by atoms with van der Waals surface area (Å²) in [5.41, 5.74) is 1.44. The number of hydrogen-bond donors (Lipinski definition) is 4. The molecule has 2 unspecified atom stereocenters. The Kier molecular flexibility index (Phi) is 13.0. The van der Waals surface area contributed by atoms with Crippen LogP contribution in [0.25, 0.3) is 10.9 Å². The standard InChI is InChI=1S/C28H41N5O5.C2H6/c1-28(2,3)38-27(37)30-16-9-7-12-21-26(36)32-22(25(35)29-15-10-8-14-24(34)31-21)17-19-18-33(4)23-13-6-5-11-20(19)23;1-2/h5-6,11,13,18,21-22H,7-10,12,14-17H2,1-4H3,(H,29,35)(H,30,37)(H,31,34)(H,32,36);1-2H3. The number of rotatable bonds is 7. The van der Waals surface area contributed by atoms with Crippen LogP contribution in [0.15, 0.2) is 30.5 Å². The van der Waals surface area contributed by atoms with Gasteiger partial charge in [0.05, 0.1) is 0 Å². The number of hydrogen-bond acceptors (Lipinski definition) is 5. The fourth-order valence-electron chi connectivity index (χ4n) is 4.55. The summed E-state index contributed by atoms with van der Waals surface area (Å²) in [5.74, 6) is -0.813. The van der Waals surface area contributed by atoms with E-state index in [9.17, 15) is 19.2 Å². The topological polar surface area (TPSA) is 131 Å². The number of nitrogens with zero attached hydrogens (tertiary/aromatic N) is 1. The van der Waals surface area contributed by atoms with Gasteiger partial charge in [0.1, 0.15) is 17.7 Å². The van der Waals surface area contributed by atoms with Crippen molar-refractivity contribution in [2.24, 2.45) is 7.05 Å². The van der Waals surface area contributed by atoms with E-state index in [0.29, 0.717) is 58.0 Å². The van der Waals surface area contributed by atoms with Crippen LogP contribution in [0.2, 0.25) is 0 Å². The van der Waals surface area contributed by atoms with Gasteiger partial charge in [-0.05, 0) is 64.5 Å². The van der Waals surface area contributed by atoms with Crippen molar-refractivity contribution in [3.8, 4) is 0 Å². The second kappa shape index (κ2) is 15.9. The predicted octanol–water partition coefficient (Wildman–Crippen LogP) is 3.71. The minimum atomic E-state index is -0.777. The third-order valence-electron chi connectivity index (χ3n) is 6.41. The van der Waals surface area contributed by atoms with E-state index >= 15 is 0 Å². The van der Waals surface area contributed by atoms with Crippen LogP contribution in [0.4, 0.5) is 4.79 Å². The third kappa shape index (κ3) is 10.5. The second-order valence-electron chi connectivity index (χ2n) is 10.8. The Morgan fingerprint density at radius 2 is 1.75 bits per heavy atom. The molecule has 1 fully saturated rings. The van der Waals surface area contributed by atoms with Gasteiger partial charge in [0.2, 0.25) is 17.7 Å². The van der Waals surface area contributed by atoms with Gasteiger partial charge >= 0.3 is 6.09 Å². The van der Waals surface area contributed by atoms with Crippen LogP contribution in [-0.4, -0.2) is 59.2 Å². The SMILES string of the molecule is CC.Cn1cc(CC2NC(=O)C(CCCCNC(=O)OC(C)(C)C)NC(=O)CCCCNC2=O)c2ccccc21. The van der Waals surface area contributed by atoms with Crippen molar-refractivity contribution in [3.63, 3.8) is 0 Å². The minimum absolute atomic E-state index is 0.186. The van der Waals surface area contributed by atoms with Gasteiger partial charge < -0.3 is 30.6 Å². The summed E-state index contributed by atoms with van der Waals surface area (Å²) >= 11 is 0. The molecule has 0 bridgehead atoms. The highest BCUT2D eigenvalue weighted by molar-refractivity contribution is 5.93. The molecule has 10 heteroatoms. The summed E-state index contributed by atoms with van der Waals surface area (Å²) in [6, 6.07) is 6.39. The lowest BCUT2D eigenvalue weighted by Gasteiger charge is -2.24. The van der Waals surface area contributed by atoms with E-state index in [-0.39, 0.29) is 17.7 Å². The van der Waals surface area contributed by atoms with Crippen LogP contribution in [-0.2, 0) is 32.6 Å². The van der Waals surface area contributed by atoms with E-state index in [1.807, 2.05) is 55.9 Å². The maximum atomic E-state index is 13.3. The summed E-state index contributed by atoms with van der Waals surface area (Å²) in [4.78, 5) is 50.7. The van der Waals surface area contributed by atoms with E-state index in [1.54, 1.807) is 20.8 Å². The van der Waals surface area contributed by atoms with Crippen molar-refractivity contribution in [3.05, 3.63) is 36.0 Å². The summed E-state index contributed by atoms with van der Waals surface area (Å²) in [5, 5.41) is 12.4. The quantitative estimate of drug-likeness (QED) is 0.386. The number of nitrogens with one attached hydrogen (secondary N) is 4. The fourth-order valence-corrected chi connectivity index (χ4v) is 4.55. The number of aromatic nitrogens is 1. The third-order valence-corrected chi connectivity index (χ3v) is 6.41. The Bertz CT molecular complexity index is 1140. The lowest BCUT2D eigenvalue weighted by atomic mass is 10.0. The van der Waals surface area contributed by atoms with E-state index < -0.39 is 23.8 Å². The Morgan fingerprint density at radius 1 is 1.02 bits per heavy atom. The van der Waals surface area contributed by atoms with Crippen molar-refractivity contribution in [2.75, 3.05) is 13.1 Å². The van der Waals surface area contributed by atoms with Gasteiger partial charge in [-0.25, -0.2) is 4.79 Å². The molecule has 0 aliphatic carbocycles. The maximum Gasteiger partial charge on any atom is 0.407 e. The van der Waals surface area contributed by atoms with Crippen molar-refractivity contribution in [1.82, 2.24) is 25.8 Å². The monoisotopic (exact) mass is 557 g/mol. The first-order chi connectivity index (χ1) is 19.0. The largest absolute Gasteiger partial charge is 0.444 e. The van der Waals surface area contributed by atoms with Gasteiger partial charge in [-0.2, -0.15) is 0 Å². The van der Waals surface area contributed by atoms with Gasteiger partial charge in [0.15, 0.2) is 0 Å². The van der Waals surface area contributed by atoms with Gasteiger partial charge in [0, 0.05) is 50.1 Å². The summed E-state index contributed by atoms with van der Waals surface area (Å²) in [7, 11) is 1.95. The Labute approximate surface area is 238 Å². The zero-order chi connectivity index (χ0) is 29.7. The van der Waals surface area contributed by atoms with Gasteiger partial charge in [-0.3, -0.25) is 14.4 Å². The van der Waals surface area contributed by atoms with Crippen molar-refractivity contribution < 1.29 is 23.9 Å². The molecule has 1 aliphatic rings. The van der Waals surface area contributed by atoms with Gasteiger partial charge in [0.25, 0.3) is 0 Å². The predicted molar refractivity (Wildman–Crippen MR) is 157 cm³/mol. The zero-order valence-electron chi connectivity index (χ0n) is 24.9. The smallest absolute Gasteiger partial charge is 0.407 e. The number of benzene rings is 1. The molecule has 1 aliphatic heterocycles. The molecule has 0 saturated carbocycles. The molecule has 2 aromatic rings. The normalized spacial score (nSPS) is 18.7. The molecular formula is C30H47N5O5. The van der Waals surface area contributed by atoms with Crippen LogP contribution in [0, 0.1) is 0 Å². The van der Waals surface area contributed by atoms with Gasteiger partial charge in [-0.1, -0.05) is 32.0 Å². The molecule has 222 valence electrons. The molecule has 40 heavy (non-hydrogen) atoms. The number of amides is 4. The first-order valence-corrected chi connectivity index (χ1v) is 14.4. The molecule has 0 spiro atoms. The van der Waals surface area contributed by atoms with Crippen LogP contribution in [0.5, 0.6) is 0 Å². The molecular weight excluding hydrogens is 510 g/mol. The number of alkyl carbamates (subject to hydrolysis) is 1. The highest BCUT2D eigenvalue weighted by Gasteiger charge is 2.28. The van der Waals surface area contributed by atoms with Crippen LogP contribution in [0.1, 0.15) is 78.7 Å². The lowest BCUT2D eigenvalue weighted by Crippen LogP contribution is -2.54. The fraction of sp³-hybridized carbons (Fsp3) is 0.600. The van der Waals surface area contributed by atoms with E-state index in [4.69, 9.17) is 4.74 Å². The Hall–Kier alpha value is -3.56. The summed E-state index contributed by atoms with van der Waals surface area (Å²) < 4.78 is 7.24. The number of unbranched alkanes of at least 4 members (excludes halogenated alkanes) is 1. The number of carbonyl (C=O) groups is 4. The van der Waals surface area contributed by atoms with Crippen molar-refractivity contribution >= 4 is 34.7 Å². The molecule has 10 nitrogen and oxygen atoms in total. The first-order valence-electron chi connectivity index (χ1n) is 14.4. The maximum absolute atomic E-state index is 13.3. The summed E-state index contributed by atoms with van der Waals surface area (Å²) in [6.45, 7) is 10.2. The lowest BCUT2D eigenvalue weighted by molar-refractivity contribution is -0.132. The molecule has 3 rings (SSSR count). The Morgan fingerprint density at radius 3 is 2.48 bits per heavy atom. The first kappa shape index (κ1) is 32.7. The molecule has 0 radical (unpaired) electrons. The summed E-state index contributed by atoms with van der Waals surface area (Å²) in [6.07, 6.45) is 5.00.